The van der Waals surface area contributed by atoms with Crippen LogP contribution in [0.3, 0.4) is 0 Å². The summed E-state index contributed by atoms with van der Waals surface area (Å²) in [5.41, 5.74) is 1.79. The van der Waals surface area contributed by atoms with Crippen molar-refractivity contribution < 1.29 is 14.3 Å². The van der Waals surface area contributed by atoms with E-state index in [0.717, 1.165) is 19.5 Å². The molecule has 0 aliphatic rings. The Labute approximate surface area is 162 Å². The number of anilines is 1. The number of benzene rings is 2. The lowest BCUT2D eigenvalue weighted by molar-refractivity contribution is 0.0953. The van der Waals surface area contributed by atoms with Crippen LogP contribution in [-0.2, 0) is 0 Å². The van der Waals surface area contributed by atoms with Gasteiger partial charge >= 0.3 is 0 Å². The Morgan fingerprint density at radius 1 is 0.963 bits per heavy atom. The highest BCUT2D eigenvalue weighted by atomic mass is 16.5. The Kier molecular flexibility index (Phi) is 8.49. The molecular weight excluding hydrogens is 340 g/mol. The van der Waals surface area contributed by atoms with Gasteiger partial charge in [0.1, 0.15) is 0 Å². The van der Waals surface area contributed by atoms with Gasteiger partial charge in [0, 0.05) is 30.9 Å². The number of amides is 1. The van der Waals surface area contributed by atoms with E-state index in [0.29, 0.717) is 36.8 Å². The molecular formula is C22H30N2O3. The molecule has 2 rings (SSSR count). The Morgan fingerprint density at radius 2 is 1.67 bits per heavy atom. The zero-order valence-corrected chi connectivity index (χ0v) is 16.5. The lowest BCUT2D eigenvalue weighted by Gasteiger charge is -2.23. The van der Waals surface area contributed by atoms with Crippen molar-refractivity contribution in [3.8, 4) is 11.5 Å². The third-order valence-corrected chi connectivity index (χ3v) is 4.20. The lowest BCUT2D eigenvalue weighted by atomic mass is 10.2. The number of nitrogens with zero attached hydrogens (tertiary/aromatic N) is 1. The Hall–Kier alpha value is -2.69. The van der Waals surface area contributed by atoms with E-state index in [2.05, 4.69) is 29.3 Å². The van der Waals surface area contributed by atoms with Gasteiger partial charge in [-0.3, -0.25) is 4.79 Å². The lowest BCUT2D eigenvalue weighted by Crippen LogP contribution is -2.30. The van der Waals surface area contributed by atoms with Gasteiger partial charge in [-0.05, 0) is 57.5 Å². The molecule has 5 heteroatoms. The summed E-state index contributed by atoms with van der Waals surface area (Å²) in [4.78, 5) is 14.7. The standard InChI is InChI=1S/C22H30N2O3/c1-4-24(19-11-8-7-9-12-19)16-10-15-23-22(25)18-13-14-20(26-5-2)21(17-18)27-6-3/h7-9,11-14,17H,4-6,10,15-16H2,1-3H3,(H,23,25). The summed E-state index contributed by atoms with van der Waals surface area (Å²) >= 11 is 0. The molecule has 0 spiro atoms. The molecule has 0 saturated heterocycles. The highest BCUT2D eigenvalue weighted by molar-refractivity contribution is 5.94. The molecule has 27 heavy (non-hydrogen) atoms. The van der Waals surface area contributed by atoms with E-state index in [4.69, 9.17) is 9.47 Å². The number of ether oxygens (including phenoxy) is 2. The van der Waals surface area contributed by atoms with Gasteiger partial charge in [0.05, 0.1) is 13.2 Å². The van der Waals surface area contributed by atoms with E-state index in [1.807, 2.05) is 32.0 Å². The van der Waals surface area contributed by atoms with Crippen LogP contribution < -0.4 is 19.7 Å². The highest BCUT2D eigenvalue weighted by Gasteiger charge is 2.11. The fourth-order valence-corrected chi connectivity index (χ4v) is 2.87. The minimum Gasteiger partial charge on any atom is -0.490 e. The molecule has 0 unspecified atom stereocenters. The number of nitrogens with one attached hydrogen (secondary N) is 1. The normalized spacial score (nSPS) is 10.3. The number of rotatable bonds is 11. The molecule has 146 valence electrons. The van der Waals surface area contributed by atoms with Crippen LogP contribution in [0.25, 0.3) is 0 Å². The van der Waals surface area contributed by atoms with Crippen molar-refractivity contribution in [1.82, 2.24) is 5.32 Å². The topological polar surface area (TPSA) is 50.8 Å². The van der Waals surface area contributed by atoms with Gasteiger partial charge in [0.15, 0.2) is 11.5 Å². The van der Waals surface area contributed by atoms with Gasteiger partial charge in [-0.25, -0.2) is 0 Å². The summed E-state index contributed by atoms with van der Waals surface area (Å²) in [6.45, 7) is 9.52. The Balaban J connectivity index is 1.87. The Morgan fingerprint density at radius 3 is 2.33 bits per heavy atom. The van der Waals surface area contributed by atoms with E-state index in [-0.39, 0.29) is 5.91 Å². The van der Waals surface area contributed by atoms with E-state index in [1.54, 1.807) is 18.2 Å². The molecule has 1 amide bonds. The van der Waals surface area contributed by atoms with Gasteiger partial charge in [-0.15, -0.1) is 0 Å². The maximum Gasteiger partial charge on any atom is 0.251 e. The van der Waals surface area contributed by atoms with E-state index >= 15 is 0 Å². The van der Waals surface area contributed by atoms with Crippen LogP contribution in [0.2, 0.25) is 0 Å². The SMILES string of the molecule is CCOc1ccc(C(=O)NCCCN(CC)c2ccccc2)cc1OCC. The van der Waals surface area contributed by atoms with Crippen molar-refractivity contribution in [2.24, 2.45) is 0 Å². The fraction of sp³-hybridized carbons (Fsp3) is 0.409. The van der Waals surface area contributed by atoms with Gasteiger partial charge in [-0.1, -0.05) is 18.2 Å². The van der Waals surface area contributed by atoms with Crippen LogP contribution in [0.4, 0.5) is 5.69 Å². The minimum atomic E-state index is -0.0956. The molecule has 0 fully saturated rings. The number of carbonyl (C=O) groups excluding carboxylic acids is 1. The summed E-state index contributed by atoms with van der Waals surface area (Å²) in [5.74, 6) is 1.17. The molecule has 5 nitrogen and oxygen atoms in total. The quantitative estimate of drug-likeness (QED) is 0.604. The van der Waals surface area contributed by atoms with Crippen molar-refractivity contribution in [1.29, 1.82) is 0 Å². The number of carbonyl (C=O) groups is 1. The predicted molar refractivity (Wildman–Crippen MR) is 110 cm³/mol. The number of hydrogen-bond acceptors (Lipinski definition) is 4. The van der Waals surface area contributed by atoms with Gasteiger partial charge in [-0.2, -0.15) is 0 Å². The maximum atomic E-state index is 12.4. The first-order chi connectivity index (χ1) is 13.2. The van der Waals surface area contributed by atoms with Gasteiger partial charge in [0.2, 0.25) is 0 Å². The third kappa shape index (κ3) is 6.20. The molecule has 0 aliphatic carbocycles. The van der Waals surface area contributed by atoms with Crippen LogP contribution in [0, 0.1) is 0 Å². The summed E-state index contributed by atoms with van der Waals surface area (Å²) < 4.78 is 11.1. The first-order valence-corrected chi connectivity index (χ1v) is 9.67. The van der Waals surface area contributed by atoms with Gasteiger partial charge < -0.3 is 19.7 Å². The number of hydrogen-bond donors (Lipinski definition) is 1. The Bertz CT molecular complexity index is 704. The van der Waals surface area contributed by atoms with Crippen LogP contribution in [0.5, 0.6) is 11.5 Å². The minimum absolute atomic E-state index is 0.0956. The second-order valence-corrected chi connectivity index (χ2v) is 6.05. The average Bonchev–Trinajstić information content (AvgIpc) is 2.70. The average molecular weight is 370 g/mol. The van der Waals surface area contributed by atoms with E-state index < -0.39 is 0 Å². The van der Waals surface area contributed by atoms with Crippen LogP contribution in [0.15, 0.2) is 48.5 Å². The zero-order chi connectivity index (χ0) is 19.5. The van der Waals surface area contributed by atoms with Crippen molar-refractivity contribution in [2.45, 2.75) is 27.2 Å². The first kappa shape index (κ1) is 20.6. The summed E-state index contributed by atoms with van der Waals surface area (Å²) in [6.07, 6.45) is 0.879. The summed E-state index contributed by atoms with van der Waals surface area (Å²) in [5, 5.41) is 2.99. The smallest absolute Gasteiger partial charge is 0.251 e. The fourth-order valence-electron chi connectivity index (χ4n) is 2.87. The third-order valence-electron chi connectivity index (χ3n) is 4.20. The van der Waals surface area contributed by atoms with Crippen LogP contribution in [0.1, 0.15) is 37.6 Å². The van der Waals surface area contributed by atoms with Crippen molar-refractivity contribution >= 4 is 11.6 Å². The van der Waals surface area contributed by atoms with E-state index in [1.165, 1.54) is 5.69 Å². The molecule has 2 aromatic carbocycles. The molecule has 0 heterocycles. The molecule has 0 atom stereocenters. The first-order valence-electron chi connectivity index (χ1n) is 9.67. The van der Waals surface area contributed by atoms with Crippen LogP contribution in [-0.4, -0.2) is 38.8 Å². The van der Waals surface area contributed by atoms with Crippen molar-refractivity contribution in [3.63, 3.8) is 0 Å². The number of para-hydroxylation sites is 1. The second kappa shape index (κ2) is 11.1. The molecule has 2 aromatic rings. The molecule has 0 aliphatic heterocycles. The van der Waals surface area contributed by atoms with Crippen molar-refractivity contribution in [2.75, 3.05) is 37.7 Å². The summed E-state index contributed by atoms with van der Waals surface area (Å²) in [7, 11) is 0. The van der Waals surface area contributed by atoms with Crippen molar-refractivity contribution in [3.05, 3.63) is 54.1 Å². The van der Waals surface area contributed by atoms with Gasteiger partial charge in [0.25, 0.3) is 5.91 Å². The predicted octanol–water partition coefficient (Wildman–Crippen LogP) is 4.13. The molecule has 0 radical (unpaired) electrons. The second-order valence-electron chi connectivity index (χ2n) is 6.05. The summed E-state index contributed by atoms with van der Waals surface area (Å²) in [6, 6.07) is 15.6. The molecule has 0 aromatic heterocycles. The molecule has 1 N–H and O–H groups in total. The molecule has 0 saturated carbocycles. The zero-order valence-electron chi connectivity index (χ0n) is 16.5. The maximum absolute atomic E-state index is 12.4. The van der Waals surface area contributed by atoms with Crippen LogP contribution >= 0.6 is 0 Å². The molecule has 0 bridgehead atoms. The largest absolute Gasteiger partial charge is 0.490 e. The monoisotopic (exact) mass is 370 g/mol. The highest BCUT2D eigenvalue weighted by Crippen LogP contribution is 2.28. The van der Waals surface area contributed by atoms with E-state index in [9.17, 15) is 4.79 Å².